The SMILES string of the molecule is NC(=S)c1c(F)cccc1NC(=O)c1cc(I)ccc1O. The summed E-state index contributed by atoms with van der Waals surface area (Å²) in [6.07, 6.45) is 0. The topological polar surface area (TPSA) is 75.3 Å². The monoisotopic (exact) mass is 416 g/mol. The van der Waals surface area contributed by atoms with Crippen LogP contribution in [-0.2, 0) is 0 Å². The lowest BCUT2D eigenvalue weighted by atomic mass is 10.1. The van der Waals surface area contributed by atoms with Gasteiger partial charge in [0.15, 0.2) is 0 Å². The average Bonchev–Trinajstić information content (AvgIpc) is 2.41. The molecule has 0 aliphatic carbocycles. The number of aromatic hydroxyl groups is 1. The first-order valence-electron chi connectivity index (χ1n) is 5.78. The van der Waals surface area contributed by atoms with Crippen molar-refractivity contribution in [2.24, 2.45) is 5.73 Å². The van der Waals surface area contributed by atoms with Gasteiger partial charge in [0, 0.05) is 3.57 Å². The molecule has 0 unspecified atom stereocenters. The normalized spacial score (nSPS) is 10.2. The number of halogens is 2. The minimum absolute atomic E-state index is 0.0361. The highest BCUT2D eigenvalue weighted by atomic mass is 127. The van der Waals surface area contributed by atoms with Crippen molar-refractivity contribution in [3.8, 4) is 5.75 Å². The van der Waals surface area contributed by atoms with Gasteiger partial charge in [-0.1, -0.05) is 18.3 Å². The second-order valence-corrected chi connectivity index (χ2v) is 5.83. The lowest BCUT2D eigenvalue weighted by Gasteiger charge is -2.11. The van der Waals surface area contributed by atoms with Crippen LogP contribution in [0.4, 0.5) is 10.1 Å². The quantitative estimate of drug-likeness (QED) is 0.531. The molecule has 7 heteroatoms. The molecule has 4 nitrogen and oxygen atoms in total. The molecule has 0 bridgehead atoms. The number of hydrogen-bond donors (Lipinski definition) is 3. The predicted molar refractivity (Wildman–Crippen MR) is 91.1 cm³/mol. The van der Waals surface area contributed by atoms with E-state index in [2.05, 4.69) is 5.32 Å². The smallest absolute Gasteiger partial charge is 0.259 e. The highest BCUT2D eigenvalue weighted by molar-refractivity contribution is 14.1. The average molecular weight is 416 g/mol. The van der Waals surface area contributed by atoms with Crippen LogP contribution in [0, 0.1) is 9.39 Å². The molecule has 0 radical (unpaired) electrons. The van der Waals surface area contributed by atoms with E-state index >= 15 is 0 Å². The third-order valence-corrected chi connectivity index (χ3v) is 3.59. The van der Waals surface area contributed by atoms with Crippen LogP contribution in [0.25, 0.3) is 0 Å². The lowest BCUT2D eigenvalue weighted by Crippen LogP contribution is -2.19. The number of carbonyl (C=O) groups excluding carboxylic acids is 1. The molecule has 0 saturated heterocycles. The fourth-order valence-electron chi connectivity index (χ4n) is 1.76. The molecule has 0 fully saturated rings. The Hall–Kier alpha value is -1.74. The van der Waals surface area contributed by atoms with Gasteiger partial charge in [-0.25, -0.2) is 4.39 Å². The Morgan fingerprint density at radius 3 is 2.71 bits per heavy atom. The molecule has 0 spiro atoms. The summed E-state index contributed by atoms with van der Waals surface area (Å²) < 4.78 is 14.5. The summed E-state index contributed by atoms with van der Waals surface area (Å²) in [5.41, 5.74) is 5.68. The maximum Gasteiger partial charge on any atom is 0.259 e. The van der Waals surface area contributed by atoms with E-state index in [1.165, 1.54) is 30.3 Å². The summed E-state index contributed by atoms with van der Waals surface area (Å²) in [5.74, 6) is -1.36. The van der Waals surface area contributed by atoms with Crippen LogP contribution in [0.2, 0.25) is 0 Å². The summed E-state index contributed by atoms with van der Waals surface area (Å²) in [5, 5.41) is 12.2. The molecule has 0 heterocycles. The zero-order valence-corrected chi connectivity index (χ0v) is 13.5. The molecule has 4 N–H and O–H groups in total. The molecule has 21 heavy (non-hydrogen) atoms. The van der Waals surface area contributed by atoms with Crippen molar-refractivity contribution in [2.45, 2.75) is 0 Å². The highest BCUT2D eigenvalue weighted by Crippen LogP contribution is 2.23. The number of nitrogens with two attached hydrogens (primary N) is 1. The summed E-state index contributed by atoms with van der Waals surface area (Å²) >= 11 is 6.81. The fourth-order valence-corrected chi connectivity index (χ4v) is 2.46. The third kappa shape index (κ3) is 3.48. The molecule has 108 valence electrons. The standard InChI is InChI=1S/C14H10FIN2O2S/c15-9-2-1-3-10(12(9)13(17)21)18-14(20)8-6-7(16)4-5-11(8)19/h1-6,19H,(H2,17,21)(H,18,20). The van der Waals surface area contributed by atoms with Crippen molar-refractivity contribution in [1.82, 2.24) is 0 Å². The van der Waals surface area contributed by atoms with Gasteiger partial charge >= 0.3 is 0 Å². The summed E-state index contributed by atoms with van der Waals surface area (Å²) in [6, 6.07) is 8.71. The zero-order chi connectivity index (χ0) is 15.6. The Morgan fingerprint density at radius 2 is 2.05 bits per heavy atom. The zero-order valence-electron chi connectivity index (χ0n) is 10.6. The van der Waals surface area contributed by atoms with Gasteiger partial charge in [0.25, 0.3) is 5.91 Å². The number of phenolic OH excluding ortho intramolecular Hbond substituents is 1. The molecule has 0 atom stereocenters. The molecule has 0 saturated carbocycles. The minimum atomic E-state index is -0.618. The number of anilines is 1. The molecule has 0 aliphatic rings. The van der Waals surface area contributed by atoms with Gasteiger partial charge in [0.2, 0.25) is 0 Å². The van der Waals surface area contributed by atoms with Crippen LogP contribution in [0.15, 0.2) is 36.4 Å². The number of carbonyl (C=O) groups is 1. The Morgan fingerprint density at radius 1 is 1.33 bits per heavy atom. The first-order valence-corrected chi connectivity index (χ1v) is 7.27. The van der Waals surface area contributed by atoms with E-state index in [0.29, 0.717) is 0 Å². The second kappa shape index (κ2) is 6.35. The fraction of sp³-hybridized carbons (Fsp3) is 0. The second-order valence-electron chi connectivity index (χ2n) is 4.14. The maximum absolute atomic E-state index is 13.7. The molecule has 0 aliphatic heterocycles. The first-order chi connectivity index (χ1) is 9.90. The first kappa shape index (κ1) is 15.6. The van der Waals surface area contributed by atoms with Crippen molar-refractivity contribution in [3.05, 3.63) is 56.9 Å². The van der Waals surface area contributed by atoms with Crippen LogP contribution in [-0.4, -0.2) is 16.0 Å². The molecule has 2 aromatic rings. The van der Waals surface area contributed by atoms with Gasteiger partial charge in [-0.3, -0.25) is 4.79 Å². The Balaban J connectivity index is 2.39. The minimum Gasteiger partial charge on any atom is -0.507 e. The van der Waals surface area contributed by atoms with Gasteiger partial charge < -0.3 is 16.2 Å². The maximum atomic E-state index is 13.7. The number of nitrogens with one attached hydrogen (secondary N) is 1. The molecule has 2 aromatic carbocycles. The van der Waals surface area contributed by atoms with Crippen molar-refractivity contribution in [3.63, 3.8) is 0 Å². The van der Waals surface area contributed by atoms with Gasteiger partial charge in [-0.15, -0.1) is 0 Å². The van der Waals surface area contributed by atoms with Gasteiger partial charge in [0.05, 0.1) is 16.8 Å². The number of benzene rings is 2. The van der Waals surface area contributed by atoms with Crippen LogP contribution < -0.4 is 11.1 Å². The van der Waals surface area contributed by atoms with Gasteiger partial charge in [-0.2, -0.15) is 0 Å². The summed E-state index contributed by atoms with van der Waals surface area (Å²) in [7, 11) is 0. The third-order valence-electron chi connectivity index (χ3n) is 2.71. The molecule has 0 aromatic heterocycles. The Kier molecular flexibility index (Phi) is 4.73. The van der Waals surface area contributed by atoms with Gasteiger partial charge in [0.1, 0.15) is 16.6 Å². The van der Waals surface area contributed by atoms with Crippen LogP contribution in [0.1, 0.15) is 15.9 Å². The van der Waals surface area contributed by atoms with E-state index in [1.807, 2.05) is 22.6 Å². The lowest BCUT2D eigenvalue weighted by molar-refractivity contribution is 0.102. The van der Waals surface area contributed by atoms with E-state index in [1.54, 1.807) is 6.07 Å². The van der Waals surface area contributed by atoms with E-state index in [0.717, 1.165) is 3.57 Å². The van der Waals surface area contributed by atoms with Crippen molar-refractivity contribution < 1.29 is 14.3 Å². The van der Waals surface area contributed by atoms with Crippen molar-refractivity contribution >= 4 is 51.4 Å². The molecular formula is C14H10FIN2O2S. The Labute approximate surface area is 139 Å². The van der Waals surface area contributed by atoms with Crippen molar-refractivity contribution in [1.29, 1.82) is 0 Å². The van der Waals surface area contributed by atoms with Crippen LogP contribution in [0.3, 0.4) is 0 Å². The van der Waals surface area contributed by atoms with E-state index in [-0.39, 0.29) is 27.6 Å². The van der Waals surface area contributed by atoms with E-state index in [9.17, 15) is 14.3 Å². The number of phenols is 1. The van der Waals surface area contributed by atoms with Crippen LogP contribution in [0.5, 0.6) is 5.75 Å². The summed E-state index contributed by atoms with van der Waals surface area (Å²) in [6.45, 7) is 0. The van der Waals surface area contributed by atoms with E-state index in [4.69, 9.17) is 18.0 Å². The molecule has 1 amide bonds. The largest absolute Gasteiger partial charge is 0.507 e. The number of hydrogen-bond acceptors (Lipinski definition) is 3. The highest BCUT2D eigenvalue weighted by Gasteiger charge is 2.16. The van der Waals surface area contributed by atoms with Crippen molar-refractivity contribution in [2.75, 3.05) is 5.32 Å². The summed E-state index contributed by atoms with van der Waals surface area (Å²) in [4.78, 5) is 12.0. The number of amides is 1. The van der Waals surface area contributed by atoms with Gasteiger partial charge in [-0.05, 0) is 52.9 Å². The van der Waals surface area contributed by atoms with Crippen LogP contribution >= 0.6 is 34.8 Å². The Bertz CT molecular complexity index is 737. The molecular weight excluding hydrogens is 406 g/mol. The number of rotatable bonds is 3. The number of thiocarbonyl (C=S) groups is 1. The van der Waals surface area contributed by atoms with E-state index < -0.39 is 11.7 Å². The predicted octanol–water partition coefficient (Wildman–Crippen LogP) is 3.02. The molecule has 2 rings (SSSR count).